The number of aromatic carboxylic acids is 1. The number of carbonyl (C=O) groups excluding carboxylic acids is 2. The third kappa shape index (κ3) is 5.13. The van der Waals surface area contributed by atoms with Crippen LogP contribution >= 0.6 is 0 Å². The number of anilines is 1. The van der Waals surface area contributed by atoms with Gasteiger partial charge < -0.3 is 15.7 Å². The van der Waals surface area contributed by atoms with E-state index in [2.05, 4.69) is 10.6 Å². The lowest BCUT2D eigenvalue weighted by Crippen LogP contribution is -2.47. The fourth-order valence-electron chi connectivity index (χ4n) is 2.46. The van der Waals surface area contributed by atoms with Crippen LogP contribution in [0.3, 0.4) is 0 Å². The maximum atomic E-state index is 13.0. The van der Waals surface area contributed by atoms with Gasteiger partial charge in [-0.05, 0) is 54.8 Å². The number of halogens is 1. The van der Waals surface area contributed by atoms with Crippen molar-refractivity contribution in [3.05, 3.63) is 65.0 Å². The van der Waals surface area contributed by atoms with Crippen LogP contribution in [0.2, 0.25) is 0 Å². The quantitative estimate of drug-likeness (QED) is 0.725. The van der Waals surface area contributed by atoms with Gasteiger partial charge in [-0.25, -0.2) is 9.18 Å². The number of hydrogen-bond donors (Lipinski definition) is 3. The summed E-state index contributed by atoms with van der Waals surface area (Å²) in [6, 6.07) is 8.57. The summed E-state index contributed by atoms with van der Waals surface area (Å²) < 4.78 is 13.0. The number of carboxylic acid groups (broad SMARTS) is 1. The summed E-state index contributed by atoms with van der Waals surface area (Å²) in [5.41, 5.74) is 1.34. The van der Waals surface area contributed by atoms with Gasteiger partial charge in [-0.1, -0.05) is 19.9 Å². The summed E-state index contributed by atoms with van der Waals surface area (Å²) in [5.74, 6) is -2.75. The molecule has 1 atom stereocenters. The lowest BCUT2D eigenvalue weighted by Gasteiger charge is -2.22. The first-order chi connectivity index (χ1) is 12.7. The highest BCUT2D eigenvalue weighted by Crippen LogP contribution is 2.18. The average Bonchev–Trinajstić information content (AvgIpc) is 2.61. The van der Waals surface area contributed by atoms with Crippen LogP contribution in [0.1, 0.15) is 40.1 Å². The van der Waals surface area contributed by atoms with E-state index in [1.807, 2.05) is 0 Å². The van der Waals surface area contributed by atoms with Crippen LogP contribution in [-0.2, 0) is 4.79 Å². The number of amides is 2. The topological polar surface area (TPSA) is 95.5 Å². The third-order valence-electron chi connectivity index (χ3n) is 4.08. The second-order valence-electron chi connectivity index (χ2n) is 6.53. The monoisotopic (exact) mass is 372 g/mol. The average molecular weight is 372 g/mol. The number of carbonyl (C=O) groups is 3. The van der Waals surface area contributed by atoms with E-state index in [0.29, 0.717) is 11.3 Å². The summed E-state index contributed by atoms with van der Waals surface area (Å²) in [6.45, 7) is 5.29. The van der Waals surface area contributed by atoms with Gasteiger partial charge in [-0.15, -0.1) is 0 Å². The zero-order chi connectivity index (χ0) is 20.1. The van der Waals surface area contributed by atoms with Crippen molar-refractivity contribution in [3.8, 4) is 0 Å². The van der Waals surface area contributed by atoms with E-state index < -0.39 is 29.6 Å². The van der Waals surface area contributed by atoms with Crippen LogP contribution in [0.5, 0.6) is 0 Å². The molecule has 0 saturated heterocycles. The molecule has 2 aromatic rings. The van der Waals surface area contributed by atoms with E-state index in [1.54, 1.807) is 26.8 Å². The zero-order valence-corrected chi connectivity index (χ0v) is 15.2. The van der Waals surface area contributed by atoms with Gasteiger partial charge in [0.25, 0.3) is 5.91 Å². The molecule has 7 heteroatoms. The summed E-state index contributed by atoms with van der Waals surface area (Å²) in [5, 5.41) is 14.4. The van der Waals surface area contributed by atoms with Crippen molar-refractivity contribution in [2.45, 2.75) is 26.8 Å². The second kappa shape index (κ2) is 8.44. The molecule has 3 N–H and O–H groups in total. The normalized spacial score (nSPS) is 11.7. The van der Waals surface area contributed by atoms with Crippen molar-refractivity contribution >= 4 is 23.5 Å². The summed E-state index contributed by atoms with van der Waals surface area (Å²) in [7, 11) is 0. The van der Waals surface area contributed by atoms with Gasteiger partial charge in [-0.3, -0.25) is 9.59 Å². The minimum absolute atomic E-state index is 0.0485. The Morgan fingerprint density at radius 1 is 1.00 bits per heavy atom. The van der Waals surface area contributed by atoms with Crippen molar-refractivity contribution in [1.29, 1.82) is 0 Å². The van der Waals surface area contributed by atoms with Gasteiger partial charge in [0.05, 0.1) is 5.56 Å². The number of carboxylic acids is 1. The van der Waals surface area contributed by atoms with Crippen LogP contribution in [-0.4, -0.2) is 28.9 Å². The van der Waals surface area contributed by atoms with E-state index in [4.69, 9.17) is 5.11 Å². The predicted molar refractivity (Wildman–Crippen MR) is 99.3 cm³/mol. The third-order valence-corrected chi connectivity index (χ3v) is 4.08. The van der Waals surface area contributed by atoms with Crippen molar-refractivity contribution in [2.75, 3.05) is 5.32 Å². The molecule has 1 unspecified atom stereocenters. The van der Waals surface area contributed by atoms with Crippen molar-refractivity contribution < 1.29 is 23.9 Å². The van der Waals surface area contributed by atoms with Gasteiger partial charge in [-0.2, -0.15) is 0 Å². The smallest absolute Gasteiger partial charge is 0.335 e. The van der Waals surface area contributed by atoms with Crippen LogP contribution in [0.4, 0.5) is 10.1 Å². The molecule has 0 fully saturated rings. The Morgan fingerprint density at radius 2 is 1.59 bits per heavy atom. The van der Waals surface area contributed by atoms with Crippen LogP contribution < -0.4 is 10.6 Å². The van der Waals surface area contributed by atoms with Crippen molar-refractivity contribution in [2.24, 2.45) is 5.92 Å². The Balaban J connectivity index is 2.18. The molecule has 142 valence electrons. The highest BCUT2D eigenvalue weighted by Gasteiger charge is 2.25. The van der Waals surface area contributed by atoms with E-state index >= 15 is 0 Å². The van der Waals surface area contributed by atoms with E-state index in [-0.39, 0.29) is 17.0 Å². The fourth-order valence-corrected chi connectivity index (χ4v) is 2.46. The van der Waals surface area contributed by atoms with Crippen molar-refractivity contribution in [3.63, 3.8) is 0 Å². The van der Waals surface area contributed by atoms with Crippen LogP contribution in [0, 0.1) is 18.7 Å². The maximum Gasteiger partial charge on any atom is 0.335 e. The first kappa shape index (κ1) is 20.1. The molecule has 0 aliphatic carbocycles. The van der Waals surface area contributed by atoms with Gasteiger partial charge in [0, 0.05) is 11.3 Å². The number of hydrogen-bond acceptors (Lipinski definition) is 3. The van der Waals surface area contributed by atoms with Gasteiger partial charge in [0.15, 0.2) is 0 Å². The minimum atomic E-state index is -1.10. The van der Waals surface area contributed by atoms with E-state index in [0.717, 1.165) is 0 Å². The summed E-state index contributed by atoms with van der Waals surface area (Å²) >= 11 is 0. The summed E-state index contributed by atoms with van der Waals surface area (Å²) in [4.78, 5) is 36.1. The molecular formula is C20H21FN2O4. The molecule has 0 aromatic heterocycles. The predicted octanol–water partition coefficient (Wildman–Crippen LogP) is 3.23. The van der Waals surface area contributed by atoms with Gasteiger partial charge >= 0.3 is 5.97 Å². The second-order valence-corrected chi connectivity index (χ2v) is 6.53. The van der Waals surface area contributed by atoms with E-state index in [1.165, 1.54) is 36.4 Å². The van der Waals surface area contributed by atoms with Gasteiger partial charge in [0.2, 0.25) is 5.91 Å². The van der Waals surface area contributed by atoms with Gasteiger partial charge in [0.1, 0.15) is 11.9 Å². The fraction of sp³-hybridized carbons (Fsp3) is 0.250. The SMILES string of the molecule is Cc1ccc(C(=O)O)cc1NC(=O)C(NC(=O)c1ccc(F)cc1)C(C)C. The highest BCUT2D eigenvalue weighted by atomic mass is 19.1. The summed E-state index contributed by atoms with van der Waals surface area (Å²) in [6.07, 6.45) is 0. The zero-order valence-electron chi connectivity index (χ0n) is 15.2. The van der Waals surface area contributed by atoms with E-state index in [9.17, 15) is 18.8 Å². The molecule has 0 aliphatic heterocycles. The maximum absolute atomic E-state index is 13.0. The molecule has 0 saturated carbocycles. The number of nitrogens with one attached hydrogen (secondary N) is 2. The standard InChI is InChI=1S/C20H21FN2O4/c1-11(2)17(23-18(24)13-6-8-15(21)9-7-13)19(25)22-16-10-14(20(26)27)5-4-12(16)3/h4-11,17H,1-3H3,(H,22,25)(H,23,24)(H,26,27). The Labute approximate surface area is 156 Å². The largest absolute Gasteiger partial charge is 0.478 e. The molecular weight excluding hydrogens is 351 g/mol. The molecule has 2 rings (SSSR count). The molecule has 0 spiro atoms. The minimum Gasteiger partial charge on any atom is -0.478 e. The molecule has 0 aliphatic rings. The Morgan fingerprint density at radius 3 is 2.15 bits per heavy atom. The number of benzene rings is 2. The lowest BCUT2D eigenvalue weighted by atomic mass is 10.0. The first-order valence-electron chi connectivity index (χ1n) is 8.40. The molecule has 27 heavy (non-hydrogen) atoms. The Hall–Kier alpha value is -3.22. The molecule has 0 radical (unpaired) electrons. The number of rotatable bonds is 6. The molecule has 2 amide bonds. The van der Waals surface area contributed by atoms with Crippen LogP contribution in [0.25, 0.3) is 0 Å². The van der Waals surface area contributed by atoms with Crippen molar-refractivity contribution in [1.82, 2.24) is 5.32 Å². The Bertz CT molecular complexity index is 863. The van der Waals surface area contributed by atoms with Crippen LogP contribution in [0.15, 0.2) is 42.5 Å². The molecule has 6 nitrogen and oxygen atoms in total. The molecule has 2 aromatic carbocycles. The highest BCUT2D eigenvalue weighted by molar-refractivity contribution is 6.02. The lowest BCUT2D eigenvalue weighted by molar-refractivity contribution is -0.118. The number of aryl methyl sites for hydroxylation is 1. The first-order valence-corrected chi connectivity index (χ1v) is 8.40. The molecule has 0 bridgehead atoms. The molecule has 0 heterocycles. The Kier molecular flexibility index (Phi) is 6.28.